The normalized spacial score (nSPS) is 12.0. The maximum atomic E-state index is 12.1. The lowest BCUT2D eigenvalue weighted by molar-refractivity contribution is -0.115. The molecule has 0 atom stereocenters. The molecule has 26 heavy (non-hydrogen) atoms. The predicted octanol–water partition coefficient (Wildman–Crippen LogP) is 2.47. The average Bonchev–Trinajstić information content (AvgIpc) is 2.60. The molecule has 6 nitrogen and oxygen atoms in total. The van der Waals surface area contributed by atoms with Gasteiger partial charge in [-0.1, -0.05) is 19.1 Å². The molecule has 6 heteroatoms. The second-order valence-electron chi connectivity index (χ2n) is 6.88. The molecule has 0 aliphatic carbocycles. The summed E-state index contributed by atoms with van der Waals surface area (Å²) in [6.45, 7) is 12.8. The fraction of sp³-hybridized carbons (Fsp3) is 0.600. The van der Waals surface area contributed by atoms with E-state index in [0.29, 0.717) is 18.0 Å². The van der Waals surface area contributed by atoms with E-state index in [-0.39, 0.29) is 12.5 Å². The van der Waals surface area contributed by atoms with Crippen molar-refractivity contribution in [3.05, 3.63) is 29.8 Å². The first-order chi connectivity index (χ1) is 12.4. The van der Waals surface area contributed by atoms with Gasteiger partial charge in [0.15, 0.2) is 5.96 Å². The second-order valence-corrected chi connectivity index (χ2v) is 6.88. The number of hydrogen-bond donors (Lipinski definition) is 3. The van der Waals surface area contributed by atoms with Gasteiger partial charge in [-0.2, -0.15) is 0 Å². The Balaban J connectivity index is 2.40. The van der Waals surface area contributed by atoms with Gasteiger partial charge in [0.1, 0.15) is 0 Å². The third-order valence-electron chi connectivity index (χ3n) is 4.25. The molecule has 0 saturated carbocycles. The van der Waals surface area contributed by atoms with Crippen molar-refractivity contribution in [1.82, 2.24) is 15.5 Å². The van der Waals surface area contributed by atoms with Crippen LogP contribution in [0.25, 0.3) is 0 Å². The summed E-state index contributed by atoms with van der Waals surface area (Å²) in [5.74, 6) is 0.544. The summed E-state index contributed by atoms with van der Waals surface area (Å²) in [5.41, 5.74) is 2.02. The molecule has 1 aromatic rings. The van der Waals surface area contributed by atoms with Crippen molar-refractivity contribution < 1.29 is 4.79 Å². The van der Waals surface area contributed by atoms with E-state index in [1.54, 1.807) is 7.05 Å². The highest BCUT2D eigenvalue weighted by molar-refractivity contribution is 5.95. The second kappa shape index (κ2) is 11.5. The zero-order valence-electron chi connectivity index (χ0n) is 17.1. The number of nitrogens with one attached hydrogen (secondary N) is 3. The Bertz CT molecular complexity index is 575. The number of amides is 1. The number of anilines is 1. The molecular formula is C20H35N5O. The maximum absolute atomic E-state index is 12.1. The van der Waals surface area contributed by atoms with Crippen molar-refractivity contribution in [3.8, 4) is 0 Å². The van der Waals surface area contributed by atoms with Gasteiger partial charge in [-0.25, -0.2) is 0 Å². The quantitative estimate of drug-likeness (QED) is 0.467. The molecule has 146 valence electrons. The monoisotopic (exact) mass is 361 g/mol. The van der Waals surface area contributed by atoms with Gasteiger partial charge >= 0.3 is 0 Å². The van der Waals surface area contributed by atoms with Gasteiger partial charge in [0.2, 0.25) is 5.91 Å². The van der Waals surface area contributed by atoms with Gasteiger partial charge in [-0.15, -0.1) is 0 Å². The molecule has 0 heterocycles. The van der Waals surface area contributed by atoms with E-state index in [0.717, 1.165) is 25.2 Å². The van der Waals surface area contributed by atoms with Crippen LogP contribution >= 0.6 is 0 Å². The lowest BCUT2D eigenvalue weighted by atomic mass is 10.1. The van der Waals surface area contributed by atoms with Gasteiger partial charge in [0.25, 0.3) is 0 Å². The van der Waals surface area contributed by atoms with E-state index in [1.807, 2.05) is 18.2 Å². The first-order valence-corrected chi connectivity index (χ1v) is 9.46. The van der Waals surface area contributed by atoms with Crippen molar-refractivity contribution in [2.24, 2.45) is 4.99 Å². The largest absolute Gasteiger partial charge is 0.355 e. The van der Waals surface area contributed by atoms with E-state index in [2.05, 4.69) is 66.5 Å². The van der Waals surface area contributed by atoms with Crippen LogP contribution in [0.4, 0.5) is 5.69 Å². The average molecular weight is 362 g/mol. The van der Waals surface area contributed by atoms with E-state index in [1.165, 1.54) is 5.56 Å². The summed E-state index contributed by atoms with van der Waals surface area (Å²) in [5, 5.41) is 9.23. The Kier molecular flexibility index (Phi) is 9.73. The first-order valence-electron chi connectivity index (χ1n) is 9.46. The standard InChI is InChI=1S/C20H35N5O/c1-7-17-9-8-10-18(13-17)24-19(26)14-23-20(21-6)22-11-12-25(15(2)3)16(4)5/h8-10,13,15-16H,7,11-12,14H2,1-6H3,(H,24,26)(H2,21,22,23). The molecule has 0 radical (unpaired) electrons. The molecule has 0 spiro atoms. The first kappa shape index (κ1) is 22.0. The van der Waals surface area contributed by atoms with Crippen LogP contribution in [-0.2, 0) is 11.2 Å². The SMILES string of the molecule is CCc1cccc(NC(=O)CNC(=NC)NCCN(C(C)C)C(C)C)c1. The highest BCUT2D eigenvalue weighted by atomic mass is 16.1. The zero-order valence-corrected chi connectivity index (χ0v) is 17.1. The Morgan fingerprint density at radius 2 is 1.85 bits per heavy atom. The molecule has 0 bridgehead atoms. The summed E-state index contributed by atoms with van der Waals surface area (Å²) in [7, 11) is 1.71. The minimum Gasteiger partial charge on any atom is -0.355 e. The van der Waals surface area contributed by atoms with Gasteiger partial charge in [0, 0.05) is 37.9 Å². The van der Waals surface area contributed by atoms with Crippen LogP contribution in [0, 0.1) is 0 Å². The molecule has 0 unspecified atom stereocenters. The van der Waals surface area contributed by atoms with E-state index in [4.69, 9.17) is 0 Å². The fourth-order valence-electron chi connectivity index (χ4n) is 2.87. The molecule has 3 N–H and O–H groups in total. The Hall–Kier alpha value is -2.08. The van der Waals surface area contributed by atoms with E-state index < -0.39 is 0 Å². The molecule has 0 saturated heterocycles. The Morgan fingerprint density at radius 1 is 1.15 bits per heavy atom. The number of rotatable bonds is 9. The van der Waals surface area contributed by atoms with Gasteiger partial charge in [-0.05, 0) is 51.8 Å². The van der Waals surface area contributed by atoms with Crippen molar-refractivity contribution >= 4 is 17.6 Å². The Labute approximate surface area is 158 Å². The number of benzene rings is 1. The molecule has 1 amide bonds. The van der Waals surface area contributed by atoms with Crippen molar-refractivity contribution in [3.63, 3.8) is 0 Å². The molecule has 0 aliphatic rings. The smallest absolute Gasteiger partial charge is 0.243 e. The number of guanidine groups is 1. The van der Waals surface area contributed by atoms with Crippen LogP contribution < -0.4 is 16.0 Å². The van der Waals surface area contributed by atoms with Crippen LogP contribution in [0.1, 0.15) is 40.2 Å². The number of carbonyl (C=O) groups is 1. The molecular weight excluding hydrogens is 326 g/mol. The van der Waals surface area contributed by atoms with Crippen LogP contribution in [-0.4, -0.2) is 55.5 Å². The molecule has 0 aromatic heterocycles. The number of aliphatic imine (C=N–C) groups is 1. The minimum atomic E-state index is -0.0906. The summed E-state index contributed by atoms with van der Waals surface area (Å²) in [6, 6.07) is 8.90. The van der Waals surface area contributed by atoms with E-state index >= 15 is 0 Å². The predicted molar refractivity (Wildman–Crippen MR) is 111 cm³/mol. The molecule has 0 aliphatic heterocycles. The van der Waals surface area contributed by atoms with Crippen LogP contribution in [0.2, 0.25) is 0 Å². The minimum absolute atomic E-state index is 0.0906. The van der Waals surface area contributed by atoms with Gasteiger partial charge in [0.05, 0.1) is 6.54 Å². The van der Waals surface area contributed by atoms with Gasteiger partial charge in [-0.3, -0.25) is 14.7 Å². The topological polar surface area (TPSA) is 68.8 Å². The summed E-state index contributed by atoms with van der Waals surface area (Å²) >= 11 is 0. The lowest BCUT2D eigenvalue weighted by Crippen LogP contribution is -2.46. The fourth-order valence-corrected chi connectivity index (χ4v) is 2.87. The summed E-state index contributed by atoms with van der Waals surface area (Å²) < 4.78 is 0. The third kappa shape index (κ3) is 7.87. The van der Waals surface area contributed by atoms with Crippen molar-refractivity contribution in [2.75, 3.05) is 32.0 Å². The Morgan fingerprint density at radius 3 is 2.42 bits per heavy atom. The number of carbonyl (C=O) groups excluding carboxylic acids is 1. The lowest BCUT2D eigenvalue weighted by Gasteiger charge is -2.30. The van der Waals surface area contributed by atoms with Crippen LogP contribution in [0.3, 0.4) is 0 Å². The molecule has 1 aromatic carbocycles. The van der Waals surface area contributed by atoms with E-state index in [9.17, 15) is 4.79 Å². The van der Waals surface area contributed by atoms with Gasteiger partial charge < -0.3 is 16.0 Å². The zero-order chi connectivity index (χ0) is 19.5. The van der Waals surface area contributed by atoms with Crippen LogP contribution in [0.15, 0.2) is 29.3 Å². The highest BCUT2D eigenvalue weighted by Crippen LogP contribution is 2.10. The number of nitrogens with zero attached hydrogens (tertiary/aromatic N) is 2. The number of hydrogen-bond acceptors (Lipinski definition) is 3. The molecule has 1 rings (SSSR count). The van der Waals surface area contributed by atoms with Crippen molar-refractivity contribution in [1.29, 1.82) is 0 Å². The highest BCUT2D eigenvalue weighted by Gasteiger charge is 2.12. The summed E-state index contributed by atoms with van der Waals surface area (Å²) in [4.78, 5) is 18.7. The third-order valence-corrected chi connectivity index (χ3v) is 4.25. The van der Waals surface area contributed by atoms with Crippen molar-refractivity contribution in [2.45, 2.75) is 53.1 Å². The maximum Gasteiger partial charge on any atom is 0.243 e. The molecule has 0 fully saturated rings. The summed E-state index contributed by atoms with van der Waals surface area (Å²) in [6.07, 6.45) is 0.947. The number of aryl methyl sites for hydroxylation is 1. The van der Waals surface area contributed by atoms with Crippen LogP contribution in [0.5, 0.6) is 0 Å².